The molecule has 48 heavy (non-hydrogen) atoms. The van der Waals surface area contributed by atoms with Crippen LogP contribution >= 0.6 is 11.3 Å². The average Bonchev–Trinajstić information content (AvgIpc) is 3.74. The largest absolute Gasteiger partial charge is 0.455 e. The van der Waals surface area contributed by atoms with Crippen molar-refractivity contribution in [3.63, 3.8) is 0 Å². The van der Waals surface area contributed by atoms with Gasteiger partial charge in [0.2, 0.25) is 0 Å². The summed E-state index contributed by atoms with van der Waals surface area (Å²) in [5, 5.41) is 8.21. The highest BCUT2D eigenvalue weighted by Crippen LogP contribution is 2.32. The number of ether oxygens (including phenoxy) is 1. The molecule has 7 rings (SSSR count). The standard InChI is InChI=1S/C38H36N6O3S/c1-24(25-11-6-5-7-12-25)44-22-27(21-39-44)28-17-18-33(41-34(28)36(46)47-38(2,3)4)43-20-19-26-13-10-14-29(30(26)23-43)35(45)42-37-40-31-15-8-9-16-32(31)48-37/h5-18,21-22,24H,19-20,23H2,1-4H3,(H,40,42,45). The van der Waals surface area contributed by atoms with Crippen LogP contribution in [0.15, 0.2) is 97.3 Å². The summed E-state index contributed by atoms with van der Waals surface area (Å²) >= 11 is 1.45. The molecule has 10 heteroatoms. The van der Waals surface area contributed by atoms with E-state index in [1.165, 1.54) is 11.3 Å². The minimum atomic E-state index is -0.701. The Bertz CT molecular complexity index is 2100. The van der Waals surface area contributed by atoms with Gasteiger partial charge in [0.15, 0.2) is 10.8 Å². The molecule has 1 N–H and O–H groups in total. The minimum absolute atomic E-state index is 0.00614. The molecular formula is C38H36N6O3S. The fourth-order valence-electron chi connectivity index (χ4n) is 5.99. The number of nitrogens with zero attached hydrogens (tertiary/aromatic N) is 5. The van der Waals surface area contributed by atoms with Gasteiger partial charge in [0.05, 0.1) is 22.5 Å². The molecule has 0 aliphatic carbocycles. The smallest absolute Gasteiger partial charge is 0.358 e. The highest BCUT2D eigenvalue weighted by Gasteiger charge is 2.27. The van der Waals surface area contributed by atoms with E-state index in [1.807, 2.05) is 98.4 Å². The first-order chi connectivity index (χ1) is 23.1. The van der Waals surface area contributed by atoms with Gasteiger partial charge in [-0.05, 0) is 81.1 Å². The summed E-state index contributed by atoms with van der Waals surface area (Å²) in [5.74, 6) is -0.0690. The van der Waals surface area contributed by atoms with Crippen LogP contribution in [0.4, 0.5) is 10.9 Å². The van der Waals surface area contributed by atoms with Crippen molar-refractivity contribution in [2.24, 2.45) is 0 Å². The molecule has 3 aromatic heterocycles. The fourth-order valence-corrected chi connectivity index (χ4v) is 6.85. The quantitative estimate of drug-likeness (QED) is 0.174. The highest BCUT2D eigenvalue weighted by molar-refractivity contribution is 7.22. The van der Waals surface area contributed by atoms with Crippen molar-refractivity contribution in [1.82, 2.24) is 19.7 Å². The number of amides is 1. The Labute approximate surface area is 283 Å². The van der Waals surface area contributed by atoms with Gasteiger partial charge in [-0.3, -0.25) is 14.8 Å². The van der Waals surface area contributed by atoms with E-state index in [4.69, 9.17) is 9.72 Å². The Hall–Kier alpha value is -5.35. The molecule has 1 aliphatic rings. The molecule has 0 bridgehead atoms. The van der Waals surface area contributed by atoms with E-state index < -0.39 is 11.6 Å². The summed E-state index contributed by atoms with van der Waals surface area (Å²) < 4.78 is 8.74. The number of benzene rings is 3. The van der Waals surface area contributed by atoms with Crippen molar-refractivity contribution < 1.29 is 14.3 Å². The number of fused-ring (bicyclic) bond motifs is 2. The van der Waals surface area contributed by atoms with Crippen molar-refractivity contribution in [3.8, 4) is 11.1 Å². The van der Waals surface area contributed by atoms with Crippen molar-refractivity contribution in [2.75, 3.05) is 16.8 Å². The van der Waals surface area contributed by atoms with E-state index in [1.54, 1.807) is 6.20 Å². The molecule has 1 aliphatic heterocycles. The lowest BCUT2D eigenvalue weighted by Crippen LogP contribution is -2.33. The number of pyridine rings is 1. The maximum absolute atomic E-state index is 13.6. The van der Waals surface area contributed by atoms with Crippen molar-refractivity contribution in [3.05, 3.63) is 125 Å². The Morgan fingerprint density at radius 2 is 1.73 bits per heavy atom. The summed E-state index contributed by atoms with van der Waals surface area (Å²) in [6.07, 6.45) is 4.43. The molecule has 1 amide bonds. The molecule has 1 unspecified atom stereocenters. The Kier molecular flexibility index (Phi) is 8.26. The van der Waals surface area contributed by atoms with Crippen molar-refractivity contribution in [2.45, 2.75) is 52.3 Å². The first-order valence-corrected chi connectivity index (χ1v) is 16.8. The number of rotatable bonds is 7. The number of carbonyl (C=O) groups excluding carboxylic acids is 2. The van der Waals surface area contributed by atoms with Crippen LogP contribution in [-0.4, -0.2) is 43.8 Å². The molecular weight excluding hydrogens is 621 g/mol. The third-order valence-electron chi connectivity index (χ3n) is 8.42. The minimum Gasteiger partial charge on any atom is -0.455 e. The van der Waals surface area contributed by atoms with E-state index in [9.17, 15) is 9.59 Å². The first kappa shape index (κ1) is 31.3. The van der Waals surface area contributed by atoms with Gasteiger partial charge in [0.1, 0.15) is 11.4 Å². The van der Waals surface area contributed by atoms with E-state index in [-0.39, 0.29) is 17.6 Å². The molecule has 9 nitrogen and oxygen atoms in total. The Morgan fingerprint density at radius 1 is 0.938 bits per heavy atom. The molecule has 6 aromatic rings. The number of para-hydroxylation sites is 1. The summed E-state index contributed by atoms with van der Waals surface area (Å²) in [5.41, 5.74) is 5.58. The number of thiazole rings is 1. The van der Waals surface area contributed by atoms with Crippen LogP contribution in [-0.2, 0) is 17.7 Å². The number of carbonyl (C=O) groups is 2. The lowest BCUT2D eigenvalue weighted by molar-refractivity contribution is 0.00638. The summed E-state index contributed by atoms with van der Waals surface area (Å²) in [4.78, 5) is 38.8. The first-order valence-electron chi connectivity index (χ1n) is 16.0. The Morgan fingerprint density at radius 3 is 2.52 bits per heavy atom. The summed E-state index contributed by atoms with van der Waals surface area (Å²) in [6, 6.07) is 27.7. The number of anilines is 2. The van der Waals surface area contributed by atoms with Crippen molar-refractivity contribution >= 4 is 44.4 Å². The van der Waals surface area contributed by atoms with E-state index in [2.05, 4.69) is 45.4 Å². The van der Waals surface area contributed by atoms with Crippen LogP contribution in [0.2, 0.25) is 0 Å². The molecule has 3 aromatic carbocycles. The van der Waals surface area contributed by atoms with Crippen LogP contribution in [0.5, 0.6) is 0 Å². The van der Waals surface area contributed by atoms with Gasteiger partial charge in [-0.1, -0.05) is 65.9 Å². The van der Waals surface area contributed by atoms with Gasteiger partial charge < -0.3 is 9.64 Å². The van der Waals surface area contributed by atoms with Crippen LogP contribution < -0.4 is 10.2 Å². The molecule has 0 saturated heterocycles. The Balaban J connectivity index is 1.18. The van der Waals surface area contributed by atoms with Crippen LogP contribution in [0, 0.1) is 0 Å². The number of hydrogen-bond donors (Lipinski definition) is 1. The number of nitrogens with one attached hydrogen (secondary N) is 1. The van der Waals surface area contributed by atoms with Gasteiger partial charge in [0.25, 0.3) is 5.91 Å². The molecule has 0 fully saturated rings. The lowest BCUT2D eigenvalue weighted by Gasteiger charge is -2.31. The third-order valence-corrected chi connectivity index (χ3v) is 9.37. The second-order valence-corrected chi connectivity index (χ2v) is 13.9. The number of esters is 1. The predicted molar refractivity (Wildman–Crippen MR) is 190 cm³/mol. The second-order valence-electron chi connectivity index (χ2n) is 12.9. The zero-order valence-corrected chi connectivity index (χ0v) is 28.1. The van der Waals surface area contributed by atoms with E-state index >= 15 is 0 Å². The van der Waals surface area contributed by atoms with Gasteiger partial charge in [0, 0.05) is 36.0 Å². The molecule has 0 spiro atoms. The maximum atomic E-state index is 13.6. The molecule has 1 atom stereocenters. The molecule has 242 valence electrons. The summed E-state index contributed by atoms with van der Waals surface area (Å²) in [7, 11) is 0. The SMILES string of the molecule is CC(c1ccccc1)n1cc(-c2ccc(N3CCc4cccc(C(=O)Nc5nc6ccccc6s5)c4C3)nc2C(=O)OC(C)(C)C)cn1. The molecule has 4 heterocycles. The van der Waals surface area contributed by atoms with Crippen molar-refractivity contribution in [1.29, 1.82) is 0 Å². The van der Waals surface area contributed by atoms with Crippen LogP contribution in [0.25, 0.3) is 21.3 Å². The van der Waals surface area contributed by atoms with Crippen LogP contribution in [0.1, 0.15) is 71.3 Å². The topological polar surface area (TPSA) is 102 Å². The number of hydrogen-bond acceptors (Lipinski definition) is 8. The predicted octanol–water partition coefficient (Wildman–Crippen LogP) is 7.93. The van der Waals surface area contributed by atoms with Gasteiger partial charge in [-0.15, -0.1) is 0 Å². The number of aromatic nitrogens is 4. The monoisotopic (exact) mass is 656 g/mol. The fraction of sp³-hybridized carbons (Fsp3) is 0.237. The third kappa shape index (κ3) is 6.44. The maximum Gasteiger partial charge on any atom is 0.358 e. The van der Waals surface area contributed by atoms with E-state index in [0.29, 0.717) is 35.2 Å². The van der Waals surface area contributed by atoms with Gasteiger partial charge in [-0.2, -0.15) is 5.10 Å². The second kappa shape index (κ2) is 12.7. The zero-order chi connectivity index (χ0) is 33.4. The molecule has 0 saturated carbocycles. The normalized spacial score (nSPS) is 13.6. The van der Waals surface area contributed by atoms with Crippen LogP contribution in [0.3, 0.4) is 0 Å². The lowest BCUT2D eigenvalue weighted by atomic mass is 9.94. The highest BCUT2D eigenvalue weighted by atomic mass is 32.1. The van der Waals surface area contributed by atoms with Gasteiger partial charge in [-0.25, -0.2) is 14.8 Å². The zero-order valence-electron chi connectivity index (χ0n) is 27.3. The average molecular weight is 657 g/mol. The molecule has 0 radical (unpaired) electrons. The van der Waals surface area contributed by atoms with E-state index in [0.717, 1.165) is 38.9 Å². The van der Waals surface area contributed by atoms with Gasteiger partial charge >= 0.3 is 5.97 Å². The summed E-state index contributed by atoms with van der Waals surface area (Å²) in [6.45, 7) is 8.77.